The van der Waals surface area contributed by atoms with Gasteiger partial charge in [0.05, 0.1) is 29.1 Å². The normalized spacial score (nSPS) is 15.6. The Morgan fingerprint density at radius 1 is 1.13 bits per heavy atom. The minimum Gasteiger partial charge on any atom is -0.378 e. The smallest absolute Gasteiger partial charge is 0.273 e. The number of carbonyl (C=O) groups excluding carboxylic acids is 1. The zero-order valence-electron chi connectivity index (χ0n) is 16.0. The van der Waals surface area contributed by atoms with Gasteiger partial charge in [0, 0.05) is 19.3 Å². The van der Waals surface area contributed by atoms with Crippen LogP contribution in [0.3, 0.4) is 0 Å². The molecule has 0 spiro atoms. The number of nitriles is 1. The first-order valence-electron chi connectivity index (χ1n) is 9.40. The maximum absolute atomic E-state index is 13.3. The third kappa shape index (κ3) is 3.94. The molecule has 3 heterocycles. The van der Waals surface area contributed by atoms with Crippen LogP contribution in [-0.2, 0) is 9.53 Å². The lowest BCUT2D eigenvalue weighted by molar-refractivity contribution is -0.128. The van der Waals surface area contributed by atoms with E-state index in [4.69, 9.17) is 4.74 Å². The molecule has 3 aromatic rings. The van der Waals surface area contributed by atoms with Gasteiger partial charge in [-0.25, -0.2) is 0 Å². The van der Waals surface area contributed by atoms with Crippen molar-refractivity contribution in [3.05, 3.63) is 80.0 Å². The summed E-state index contributed by atoms with van der Waals surface area (Å²) in [5.41, 5.74) is 0.871. The molecule has 0 unspecified atom stereocenters. The van der Waals surface area contributed by atoms with Crippen LogP contribution in [0.1, 0.15) is 5.69 Å². The number of pyridine rings is 1. The second kappa shape index (κ2) is 8.86. The molecule has 0 saturated carbocycles. The average molecular weight is 418 g/mol. The van der Waals surface area contributed by atoms with Crippen LogP contribution in [-0.4, -0.2) is 46.7 Å². The van der Waals surface area contributed by atoms with Gasteiger partial charge in [0.25, 0.3) is 11.5 Å². The number of amides is 1. The summed E-state index contributed by atoms with van der Waals surface area (Å²) in [6.07, 6.45) is 3.31. The lowest BCUT2D eigenvalue weighted by Crippen LogP contribution is -2.42. The van der Waals surface area contributed by atoms with Crippen molar-refractivity contribution in [2.75, 3.05) is 26.3 Å². The third-order valence-corrected chi connectivity index (χ3v) is 5.74. The number of para-hydroxylation sites is 1. The predicted molar refractivity (Wildman–Crippen MR) is 113 cm³/mol. The number of ether oxygens (including phenoxy) is 1. The zero-order chi connectivity index (χ0) is 20.9. The molecule has 0 atom stereocenters. The number of nitrogens with zero attached hydrogens (tertiary/aromatic N) is 4. The van der Waals surface area contributed by atoms with Gasteiger partial charge in [-0.2, -0.15) is 5.26 Å². The third-order valence-electron chi connectivity index (χ3n) is 4.64. The first-order chi connectivity index (χ1) is 14.7. The van der Waals surface area contributed by atoms with Crippen molar-refractivity contribution in [3.63, 3.8) is 0 Å². The molecule has 0 N–H and O–H groups in total. The fraction of sp³-hybridized carbons (Fsp3) is 0.182. The molecule has 1 aromatic carbocycles. The monoisotopic (exact) mass is 418 g/mol. The molecule has 7 nitrogen and oxygen atoms in total. The van der Waals surface area contributed by atoms with Crippen molar-refractivity contribution in [2.24, 2.45) is 0 Å². The molecule has 0 bridgehead atoms. The van der Waals surface area contributed by atoms with Crippen molar-refractivity contribution in [1.82, 2.24) is 14.5 Å². The van der Waals surface area contributed by atoms with Crippen LogP contribution in [0.2, 0.25) is 0 Å². The minimum atomic E-state index is -0.392. The lowest BCUT2D eigenvalue weighted by Gasteiger charge is -2.26. The van der Waals surface area contributed by atoms with E-state index in [0.29, 0.717) is 46.9 Å². The summed E-state index contributed by atoms with van der Waals surface area (Å²) in [5, 5.41) is 9.84. The Bertz CT molecular complexity index is 1270. The van der Waals surface area contributed by atoms with E-state index in [1.165, 1.54) is 4.57 Å². The highest BCUT2D eigenvalue weighted by molar-refractivity contribution is 7.07. The zero-order valence-corrected chi connectivity index (χ0v) is 16.8. The molecule has 0 radical (unpaired) electrons. The van der Waals surface area contributed by atoms with Crippen LogP contribution in [0.25, 0.3) is 17.3 Å². The standard InChI is InChI=1S/C22H18N4O3S/c23-15-18(20(27)25-10-12-29-13-11-25)22-26(17-7-2-1-3-8-17)21(28)19(30-22)14-16-6-4-5-9-24-16/h1-9,14H,10-13H2/b19-14+,22-18+. The van der Waals surface area contributed by atoms with Gasteiger partial charge < -0.3 is 9.64 Å². The largest absolute Gasteiger partial charge is 0.378 e. The van der Waals surface area contributed by atoms with Crippen molar-refractivity contribution in [2.45, 2.75) is 0 Å². The van der Waals surface area contributed by atoms with Gasteiger partial charge in [-0.1, -0.05) is 24.3 Å². The molecule has 1 amide bonds. The molecular weight excluding hydrogens is 400 g/mol. The SMILES string of the molecule is N#C/C(C(=O)N1CCOCC1)=c1\s/c(=C/c2ccccn2)c(=O)n1-c1ccccc1. The molecule has 30 heavy (non-hydrogen) atoms. The molecule has 2 aromatic heterocycles. The summed E-state index contributed by atoms with van der Waals surface area (Å²) in [5.74, 6) is -0.392. The van der Waals surface area contributed by atoms with Crippen LogP contribution in [0.4, 0.5) is 0 Å². The van der Waals surface area contributed by atoms with Crippen LogP contribution in [0, 0.1) is 11.3 Å². The van der Waals surface area contributed by atoms with Gasteiger partial charge in [-0.15, -0.1) is 11.3 Å². The van der Waals surface area contributed by atoms with Crippen molar-refractivity contribution < 1.29 is 9.53 Å². The molecule has 1 fully saturated rings. The van der Waals surface area contributed by atoms with E-state index < -0.39 is 5.91 Å². The van der Waals surface area contributed by atoms with E-state index in [1.54, 1.807) is 53.6 Å². The second-order valence-corrected chi connectivity index (χ2v) is 7.57. The van der Waals surface area contributed by atoms with Gasteiger partial charge >= 0.3 is 0 Å². The number of hydrogen-bond donors (Lipinski definition) is 0. The highest BCUT2D eigenvalue weighted by Crippen LogP contribution is 2.07. The van der Waals surface area contributed by atoms with Gasteiger partial charge in [0.15, 0.2) is 5.57 Å². The molecule has 150 valence electrons. The van der Waals surface area contributed by atoms with Crippen LogP contribution < -0.4 is 14.8 Å². The fourth-order valence-electron chi connectivity index (χ4n) is 3.17. The summed E-state index contributed by atoms with van der Waals surface area (Å²) in [7, 11) is 0. The van der Waals surface area contributed by atoms with Gasteiger partial charge in [0.2, 0.25) is 0 Å². The Balaban J connectivity index is 1.98. The highest BCUT2D eigenvalue weighted by Gasteiger charge is 2.23. The van der Waals surface area contributed by atoms with Crippen molar-refractivity contribution in [3.8, 4) is 11.8 Å². The molecule has 0 aliphatic carbocycles. The Kier molecular flexibility index (Phi) is 5.84. The number of carbonyl (C=O) groups is 1. The molecule has 4 rings (SSSR count). The van der Waals surface area contributed by atoms with E-state index >= 15 is 0 Å². The van der Waals surface area contributed by atoms with E-state index in [9.17, 15) is 14.9 Å². The fourth-order valence-corrected chi connectivity index (χ4v) is 4.25. The average Bonchev–Trinajstić information content (AvgIpc) is 3.11. The second-order valence-electron chi connectivity index (χ2n) is 6.54. The van der Waals surface area contributed by atoms with Gasteiger partial charge in [-0.3, -0.25) is 19.1 Å². The summed E-state index contributed by atoms with van der Waals surface area (Å²) in [6.45, 7) is 1.69. The Morgan fingerprint density at radius 2 is 1.87 bits per heavy atom. The molecular formula is C22H18N4O3S. The Labute approximate surface area is 176 Å². The van der Waals surface area contributed by atoms with Crippen LogP contribution >= 0.6 is 11.3 Å². The van der Waals surface area contributed by atoms with Crippen LogP contribution in [0.5, 0.6) is 0 Å². The minimum absolute atomic E-state index is 0.0523. The Morgan fingerprint density at radius 3 is 2.53 bits per heavy atom. The maximum Gasteiger partial charge on any atom is 0.273 e. The summed E-state index contributed by atoms with van der Waals surface area (Å²) in [4.78, 5) is 32.2. The topological polar surface area (TPSA) is 88.2 Å². The van der Waals surface area contributed by atoms with E-state index in [1.807, 2.05) is 18.2 Å². The lowest BCUT2D eigenvalue weighted by atomic mass is 10.2. The van der Waals surface area contributed by atoms with Crippen molar-refractivity contribution in [1.29, 1.82) is 5.26 Å². The molecule has 1 aliphatic heterocycles. The van der Waals surface area contributed by atoms with Gasteiger partial charge in [-0.05, 0) is 30.3 Å². The quantitative estimate of drug-likeness (QED) is 0.623. The summed E-state index contributed by atoms with van der Waals surface area (Å²) < 4.78 is 7.44. The van der Waals surface area contributed by atoms with E-state index in [2.05, 4.69) is 4.98 Å². The van der Waals surface area contributed by atoms with Crippen LogP contribution in [0.15, 0.2) is 59.5 Å². The number of aromatic nitrogens is 2. The van der Waals surface area contributed by atoms with Gasteiger partial charge in [0.1, 0.15) is 10.7 Å². The highest BCUT2D eigenvalue weighted by atomic mass is 32.1. The Hall–Kier alpha value is -3.54. The summed E-state index contributed by atoms with van der Waals surface area (Å²) in [6, 6.07) is 16.5. The molecule has 1 saturated heterocycles. The van der Waals surface area contributed by atoms with E-state index in [-0.39, 0.29) is 11.1 Å². The number of morpholine rings is 1. The van der Waals surface area contributed by atoms with Crippen molar-refractivity contribution >= 4 is 28.9 Å². The molecule has 8 heteroatoms. The number of benzene rings is 1. The number of thiazole rings is 1. The number of rotatable bonds is 3. The predicted octanol–water partition coefficient (Wildman–Crippen LogP) is 0.656. The first-order valence-corrected chi connectivity index (χ1v) is 10.2. The summed E-state index contributed by atoms with van der Waals surface area (Å²) >= 11 is 1.12. The first kappa shape index (κ1) is 19.8. The van der Waals surface area contributed by atoms with E-state index in [0.717, 1.165) is 11.3 Å². The number of hydrogen-bond acceptors (Lipinski definition) is 6. The molecule has 1 aliphatic rings. The maximum atomic E-state index is 13.3.